The second-order valence-electron chi connectivity index (χ2n) is 6.47. The van der Waals surface area contributed by atoms with Gasteiger partial charge in [-0.3, -0.25) is 4.79 Å². The lowest BCUT2D eigenvalue weighted by Crippen LogP contribution is -2.44. The Labute approximate surface area is 159 Å². The zero-order chi connectivity index (χ0) is 19.4. The molecule has 1 aliphatic rings. The topological polar surface area (TPSA) is 55.3 Å². The maximum absolute atomic E-state index is 12.7. The first-order valence-corrected chi connectivity index (χ1v) is 9.58. The molecule has 0 spiro atoms. The molecule has 0 aromatic carbocycles. The Hall–Kier alpha value is -2.16. The number of aryl methyl sites for hydroxylation is 2. The smallest absolute Gasteiger partial charge is 0.433 e. The van der Waals surface area contributed by atoms with Crippen LogP contribution in [-0.4, -0.2) is 40.0 Å². The number of thiophene rings is 1. The molecule has 0 bridgehead atoms. The molecule has 1 saturated heterocycles. The summed E-state index contributed by atoms with van der Waals surface area (Å²) >= 11 is 1.64. The van der Waals surface area contributed by atoms with E-state index in [1.54, 1.807) is 16.2 Å². The average molecular weight is 399 g/mol. The zero-order valence-corrected chi connectivity index (χ0v) is 15.6. The molecule has 2 aromatic heterocycles. The molecule has 0 aliphatic carbocycles. The van der Waals surface area contributed by atoms with E-state index in [0.717, 1.165) is 18.7 Å². The number of hydrogen-bond acceptors (Lipinski definition) is 5. The first kappa shape index (κ1) is 19.6. The molecule has 3 heterocycles. The highest BCUT2D eigenvalue weighted by Gasteiger charge is 2.33. The zero-order valence-electron chi connectivity index (χ0n) is 14.8. The molecule has 1 atom stereocenters. The molecule has 2 aromatic rings. The predicted molar refractivity (Wildman–Crippen MR) is 94.6 cm³/mol. The molecule has 1 aliphatic heterocycles. The summed E-state index contributed by atoms with van der Waals surface area (Å²) in [5, 5.41) is 2.01. The maximum Gasteiger partial charge on any atom is 0.433 e. The number of halogens is 3. The van der Waals surface area contributed by atoms with Gasteiger partial charge in [-0.2, -0.15) is 18.2 Å². The minimum absolute atomic E-state index is 0.0288. The van der Waals surface area contributed by atoms with Gasteiger partial charge < -0.3 is 9.64 Å². The molecule has 5 nitrogen and oxygen atoms in total. The summed E-state index contributed by atoms with van der Waals surface area (Å²) in [6.07, 6.45) is -1.44. The minimum Gasteiger partial charge on any atom is -0.458 e. The number of carbonyl (C=O) groups is 1. The summed E-state index contributed by atoms with van der Waals surface area (Å²) < 4.78 is 43.8. The van der Waals surface area contributed by atoms with E-state index in [9.17, 15) is 18.0 Å². The van der Waals surface area contributed by atoms with E-state index < -0.39 is 18.0 Å². The number of likely N-dealkylation sites (tertiary alicyclic amines) is 1. The number of carbonyl (C=O) groups excluding carboxylic acids is 1. The Kier molecular flexibility index (Phi) is 5.98. The van der Waals surface area contributed by atoms with Gasteiger partial charge in [0.05, 0.1) is 6.54 Å². The Morgan fingerprint density at radius 3 is 2.93 bits per heavy atom. The van der Waals surface area contributed by atoms with Crippen LogP contribution >= 0.6 is 11.3 Å². The Balaban J connectivity index is 1.56. The predicted octanol–water partition coefficient (Wildman–Crippen LogP) is 3.87. The second kappa shape index (κ2) is 8.24. The van der Waals surface area contributed by atoms with Crippen LogP contribution in [-0.2, 0) is 17.4 Å². The van der Waals surface area contributed by atoms with Crippen LogP contribution in [0.5, 0.6) is 6.01 Å². The maximum atomic E-state index is 12.7. The molecule has 1 amide bonds. The lowest BCUT2D eigenvalue weighted by atomic mass is 10.1. The molecular weight excluding hydrogens is 379 g/mol. The van der Waals surface area contributed by atoms with Crippen molar-refractivity contribution >= 4 is 17.2 Å². The van der Waals surface area contributed by atoms with Crippen molar-refractivity contribution in [2.24, 2.45) is 0 Å². The lowest BCUT2D eigenvalue weighted by molar-refractivity contribution is -0.141. The lowest BCUT2D eigenvalue weighted by Gasteiger charge is -2.32. The molecule has 27 heavy (non-hydrogen) atoms. The normalized spacial score (nSPS) is 17.8. The van der Waals surface area contributed by atoms with Gasteiger partial charge in [0.25, 0.3) is 0 Å². The number of aromatic nitrogens is 2. The van der Waals surface area contributed by atoms with Crippen LogP contribution in [0.15, 0.2) is 23.7 Å². The van der Waals surface area contributed by atoms with Gasteiger partial charge in [0.2, 0.25) is 5.91 Å². The number of ether oxygens (including phenoxy) is 1. The number of amides is 1. The van der Waals surface area contributed by atoms with E-state index in [2.05, 4.69) is 9.97 Å². The van der Waals surface area contributed by atoms with Crippen molar-refractivity contribution in [1.29, 1.82) is 0 Å². The third kappa shape index (κ3) is 5.18. The van der Waals surface area contributed by atoms with Crippen molar-refractivity contribution in [1.82, 2.24) is 14.9 Å². The van der Waals surface area contributed by atoms with Gasteiger partial charge in [0.1, 0.15) is 6.10 Å². The van der Waals surface area contributed by atoms with E-state index in [4.69, 9.17) is 4.74 Å². The number of rotatable bonds is 5. The number of hydrogen-bond donors (Lipinski definition) is 0. The Morgan fingerprint density at radius 1 is 1.41 bits per heavy atom. The highest BCUT2D eigenvalue weighted by atomic mass is 32.1. The second-order valence-corrected chi connectivity index (χ2v) is 7.47. The van der Waals surface area contributed by atoms with Crippen LogP contribution in [0.4, 0.5) is 13.2 Å². The van der Waals surface area contributed by atoms with Crippen LogP contribution in [0.25, 0.3) is 0 Å². The average Bonchev–Trinajstić information content (AvgIpc) is 3.04. The van der Waals surface area contributed by atoms with Crippen LogP contribution < -0.4 is 4.74 Å². The molecule has 1 fully saturated rings. The molecule has 3 rings (SSSR count). The van der Waals surface area contributed by atoms with Crippen LogP contribution in [0.3, 0.4) is 0 Å². The standard InChI is InChI=1S/C18H20F3N3O2S/c1-12-7-10-27-14(12)4-5-16(25)24-9-2-3-13(11-24)26-17-22-8-6-15(23-17)18(19,20)21/h6-8,10,13H,2-5,9,11H2,1H3. The van der Waals surface area contributed by atoms with E-state index in [0.29, 0.717) is 32.4 Å². The van der Waals surface area contributed by atoms with Gasteiger partial charge in [-0.25, -0.2) is 4.98 Å². The van der Waals surface area contributed by atoms with Crippen molar-refractivity contribution in [3.05, 3.63) is 39.8 Å². The summed E-state index contributed by atoms with van der Waals surface area (Å²) in [5.74, 6) is 0.0288. The molecule has 0 N–H and O–H groups in total. The van der Waals surface area contributed by atoms with E-state index in [-0.39, 0.29) is 11.9 Å². The summed E-state index contributed by atoms with van der Waals surface area (Å²) in [6.45, 7) is 2.99. The quantitative estimate of drug-likeness (QED) is 0.766. The number of nitrogens with zero attached hydrogens (tertiary/aromatic N) is 3. The van der Waals surface area contributed by atoms with Crippen molar-refractivity contribution < 1.29 is 22.7 Å². The first-order valence-electron chi connectivity index (χ1n) is 8.70. The molecular formula is C18H20F3N3O2S. The van der Waals surface area contributed by atoms with Crippen molar-refractivity contribution in [3.8, 4) is 6.01 Å². The fourth-order valence-electron chi connectivity index (χ4n) is 3.00. The summed E-state index contributed by atoms with van der Waals surface area (Å²) in [7, 11) is 0. The monoisotopic (exact) mass is 399 g/mol. The molecule has 146 valence electrons. The van der Waals surface area contributed by atoms with Crippen molar-refractivity contribution in [2.45, 2.75) is 44.9 Å². The molecule has 0 radical (unpaired) electrons. The van der Waals surface area contributed by atoms with Gasteiger partial charge in [-0.15, -0.1) is 11.3 Å². The van der Waals surface area contributed by atoms with E-state index in [1.165, 1.54) is 10.4 Å². The van der Waals surface area contributed by atoms with Gasteiger partial charge in [0.15, 0.2) is 5.69 Å². The van der Waals surface area contributed by atoms with Gasteiger partial charge in [-0.1, -0.05) is 0 Å². The Morgan fingerprint density at radius 2 is 2.22 bits per heavy atom. The third-order valence-electron chi connectivity index (χ3n) is 4.46. The number of alkyl halides is 3. The van der Waals surface area contributed by atoms with Gasteiger partial charge >= 0.3 is 12.2 Å². The van der Waals surface area contributed by atoms with Gasteiger partial charge in [-0.05, 0) is 49.3 Å². The van der Waals surface area contributed by atoms with Crippen molar-refractivity contribution in [3.63, 3.8) is 0 Å². The summed E-state index contributed by atoms with van der Waals surface area (Å²) in [6, 6.07) is 2.53. The van der Waals surface area contributed by atoms with Crippen LogP contribution in [0.2, 0.25) is 0 Å². The number of piperidine rings is 1. The summed E-state index contributed by atoms with van der Waals surface area (Å²) in [4.78, 5) is 22.6. The fraction of sp³-hybridized carbons (Fsp3) is 0.500. The van der Waals surface area contributed by atoms with Gasteiger partial charge in [0, 0.05) is 24.0 Å². The highest BCUT2D eigenvalue weighted by Crippen LogP contribution is 2.28. The molecule has 0 saturated carbocycles. The minimum atomic E-state index is -4.55. The first-order chi connectivity index (χ1) is 12.8. The largest absolute Gasteiger partial charge is 0.458 e. The van der Waals surface area contributed by atoms with E-state index >= 15 is 0 Å². The fourth-order valence-corrected chi connectivity index (χ4v) is 3.91. The summed E-state index contributed by atoms with van der Waals surface area (Å²) in [5.41, 5.74) is 0.150. The SMILES string of the molecule is Cc1ccsc1CCC(=O)N1CCCC(Oc2nccc(C(F)(F)F)n2)C1. The van der Waals surface area contributed by atoms with Crippen LogP contribution in [0, 0.1) is 6.92 Å². The Bertz CT molecular complexity index is 794. The van der Waals surface area contributed by atoms with E-state index in [1.807, 2.05) is 18.4 Å². The molecule has 9 heteroatoms. The highest BCUT2D eigenvalue weighted by molar-refractivity contribution is 7.10. The molecule has 1 unspecified atom stereocenters. The van der Waals surface area contributed by atoms with Crippen LogP contribution in [0.1, 0.15) is 35.4 Å². The van der Waals surface area contributed by atoms with Crippen molar-refractivity contribution in [2.75, 3.05) is 13.1 Å². The third-order valence-corrected chi connectivity index (χ3v) is 5.54.